The molecule has 1 N–H and O–H groups in total. The van der Waals surface area contributed by atoms with Gasteiger partial charge in [-0.15, -0.1) is 0 Å². The molecule has 0 spiro atoms. The van der Waals surface area contributed by atoms with Crippen LogP contribution in [0.5, 0.6) is 0 Å². The van der Waals surface area contributed by atoms with Crippen LogP contribution in [0.2, 0.25) is 0 Å². The van der Waals surface area contributed by atoms with Gasteiger partial charge in [-0.25, -0.2) is 0 Å². The molecule has 11 heavy (non-hydrogen) atoms. The molecule has 1 rings (SSSR count). The van der Waals surface area contributed by atoms with E-state index in [1.165, 1.54) is 0 Å². The van der Waals surface area contributed by atoms with Gasteiger partial charge in [0.05, 0.1) is 18.8 Å². The first-order valence-corrected chi connectivity index (χ1v) is 4.12. The summed E-state index contributed by atoms with van der Waals surface area (Å²) in [5.41, 5.74) is -0.0863. The monoisotopic (exact) mass is 160 g/mol. The molecule has 1 fully saturated rings. The molecule has 2 unspecified atom stereocenters. The summed E-state index contributed by atoms with van der Waals surface area (Å²) in [6, 6.07) is 0. The molecule has 1 heterocycles. The van der Waals surface area contributed by atoms with E-state index in [1.807, 2.05) is 0 Å². The zero-order valence-corrected chi connectivity index (χ0v) is 7.17. The van der Waals surface area contributed by atoms with Crippen molar-refractivity contribution in [3.05, 3.63) is 0 Å². The molecule has 1 aliphatic rings. The van der Waals surface area contributed by atoms with Crippen molar-refractivity contribution >= 4 is 0 Å². The Morgan fingerprint density at radius 3 is 2.64 bits per heavy atom. The number of hydrogen-bond donors (Lipinski definition) is 1. The molecule has 0 saturated carbocycles. The Bertz CT molecular complexity index is 113. The van der Waals surface area contributed by atoms with Gasteiger partial charge in [-0.3, -0.25) is 0 Å². The molecule has 0 aliphatic carbocycles. The lowest BCUT2D eigenvalue weighted by Crippen LogP contribution is -2.47. The third kappa shape index (κ3) is 2.15. The van der Waals surface area contributed by atoms with Crippen molar-refractivity contribution in [3.63, 3.8) is 0 Å². The predicted octanol–water partition coefficient (Wildman–Crippen LogP) is 0.910. The summed E-state index contributed by atoms with van der Waals surface area (Å²) in [5.74, 6) is 0. The molecule has 0 aromatic heterocycles. The van der Waals surface area contributed by atoms with E-state index in [1.54, 1.807) is 6.92 Å². The van der Waals surface area contributed by atoms with E-state index in [0.29, 0.717) is 6.61 Å². The molecule has 3 nitrogen and oxygen atoms in total. The average Bonchev–Trinajstić information content (AvgIpc) is 1.86. The zero-order chi connectivity index (χ0) is 8.32. The summed E-state index contributed by atoms with van der Waals surface area (Å²) < 4.78 is 10.5. The van der Waals surface area contributed by atoms with Crippen LogP contribution in [0.15, 0.2) is 0 Å². The first-order chi connectivity index (χ1) is 5.18. The summed E-state index contributed by atoms with van der Waals surface area (Å²) >= 11 is 0. The van der Waals surface area contributed by atoms with Crippen LogP contribution in [0, 0.1) is 0 Å². The first kappa shape index (κ1) is 8.97. The van der Waals surface area contributed by atoms with Crippen molar-refractivity contribution in [2.24, 2.45) is 0 Å². The summed E-state index contributed by atoms with van der Waals surface area (Å²) in [5, 5.41) is 8.85. The van der Waals surface area contributed by atoms with Gasteiger partial charge >= 0.3 is 0 Å². The standard InChI is InChI=1S/C8H16O3/c1-3-8(4-5-11-8)6-10-7(2)9/h7,9H,3-6H2,1-2H3. The minimum absolute atomic E-state index is 0.0863. The van der Waals surface area contributed by atoms with E-state index >= 15 is 0 Å². The second kappa shape index (κ2) is 3.52. The van der Waals surface area contributed by atoms with Crippen molar-refractivity contribution in [1.82, 2.24) is 0 Å². The van der Waals surface area contributed by atoms with Gasteiger partial charge in [0.2, 0.25) is 0 Å². The minimum Gasteiger partial charge on any atom is -0.372 e. The summed E-state index contributed by atoms with van der Waals surface area (Å²) in [6.07, 6.45) is 1.33. The van der Waals surface area contributed by atoms with Crippen molar-refractivity contribution in [3.8, 4) is 0 Å². The van der Waals surface area contributed by atoms with Crippen molar-refractivity contribution < 1.29 is 14.6 Å². The van der Waals surface area contributed by atoms with Gasteiger partial charge in [0.25, 0.3) is 0 Å². The topological polar surface area (TPSA) is 38.7 Å². The highest BCUT2D eigenvalue weighted by atomic mass is 16.6. The quantitative estimate of drug-likeness (QED) is 0.621. The fourth-order valence-electron chi connectivity index (χ4n) is 1.16. The second-order valence-electron chi connectivity index (χ2n) is 3.05. The first-order valence-electron chi connectivity index (χ1n) is 4.12. The molecular weight excluding hydrogens is 144 g/mol. The fourth-order valence-corrected chi connectivity index (χ4v) is 1.16. The lowest BCUT2D eigenvalue weighted by molar-refractivity contribution is -0.212. The maximum atomic E-state index is 8.85. The SMILES string of the molecule is CCC1(COC(C)O)CCO1. The Labute approximate surface area is 67.3 Å². The van der Waals surface area contributed by atoms with E-state index in [-0.39, 0.29) is 5.60 Å². The highest BCUT2D eigenvalue weighted by molar-refractivity contribution is 4.85. The maximum Gasteiger partial charge on any atom is 0.151 e. The highest BCUT2D eigenvalue weighted by Crippen LogP contribution is 2.30. The second-order valence-corrected chi connectivity index (χ2v) is 3.05. The van der Waals surface area contributed by atoms with Gasteiger partial charge in [0.15, 0.2) is 6.29 Å². The summed E-state index contributed by atoms with van der Waals surface area (Å²) in [4.78, 5) is 0. The van der Waals surface area contributed by atoms with E-state index in [2.05, 4.69) is 6.92 Å². The van der Waals surface area contributed by atoms with Crippen LogP contribution in [0.1, 0.15) is 26.7 Å². The van der Waals surface area contributed by atoms with Gasteiger partial charge in [-0.2, -0.15) is 0 Å². The fraction of sp³-hybridized carbons (Fsp3) is 1.00. The number of ether oxygens (including phenoxy) is 2. The highest BCUT2D eigenvalue weighted by Gasteiger charge is 2.37. The molecule has 0 radical (unpaired) electrons. The van der Waals surface area contributed by atoms with Gasteiger partial charge in [-0.05, 0) is 13.3 Å². The van der Waals surface area contributed by atoms with E-state index in [0.717, 1.165) is 19.4 Å². The minimum atomic E-state index is -0.678. The predicted molar refractivity (Wildman–Crippen MR) is 41.2 cm³/mol. The number of aliphatic hydroxyl groups excluding tert-OH is 1. The average molecular weight is 160 g/mol. The molecule has 0 amide bonds. The van der Waals surface area contributed by atoms with Crippen LogP contribution in [-0.2, 0) is 9.47 Å². The summed E-state index contributed by atoms with van der Waals surface area (Å²) in [6.45, 7) is 5.03. The number of rotatable bonds is 4. The molecular formula is C8H16O3. The Morgan fingerprint density at radius 1 is 1.73 bits per heavy atom. The Balaban J connectivity index is 2.22. The molecule has 3 heteroatoms. The van der Waals surface area contributed by atoms with E-state index < -0.39 is 6.29 Å². The van der Waals surface area contributed by atoms with Crippen molar-refractivity contribution in [1.29, 1.82) is 0 Å². The molecule has 66 valence electrons. The van der Waals surface area contributed by atoms with E-state index in [4.69, 9.17) is 14.6 Å². The third-order valence-corrected chi connectivity index (χ3v) is 2.20. The lowest BCUT2D eigenvalue weighted by atomic mass is 9.93. The van der Waals surface area contributed by atoms with Crippen LogP contribution in [0.3, 0.4) is 0 Å². The molecule has 1 saturated heterocycles. The van der Waals surface area contributed by atoms with Gasteiger partial charge in [0.1, 0.15) is 0 Å². The lowest BCUT2D eigenvalue weighted by Gasteiger charge is -2.41. The molecule has 0 aromatic rings. The normalized spacial score (nSPS) is 33.0. The molecule has 0 bridgehead atoms. The van der Waals surface area contributed by atoms with E-state index in [9.17, 15) is 0 Å². The van der Waals surface area contributed by atoms with Gasteiger partial charge in [0, 0.05) is 6.42 Å². The van der Waals surface area contributed by atoms with Crippen LogP contribution < -0.4 is 0 Å². The number of hydrogen-bond acceptors (Lipinski definition) is 3. The third-order valence-electron chi connectivity index (χ3n) is 2.20. The smallest absolute Gasteiger partial charge is 0.151 e. The molecule has 0 aromatic carbocycles. The van der Waals surface area contributed by atoms with Crippen molar-refractivity contribution in [2.45, 2.75) is 38.6 Å². The van der Waals surface area contributed by atoms with Crippen LogP contribution in [0.25, 0.3) is 0 Å². The Morgan fingerprint density at radius 2 is 2.36 bits per heavy atom. The Hall–Kier alpha value is -0.120. The summed E-state index contributed by atoms with van der Waals surface area (Å²) in [7, 11) is 0. The zero-order valence-electron chi connectivity index (χ0n) is 7.17. The maximum absolute atomic E-state index is 8.85. The van der Waals surface area contributed by atoms with Gasteiger partial charge < -0.3 is 14.6 Å². The van der Waals surface area contributed by atoms with Crippen LogP contribution in [0.4, 0.5) is 0 Å². The number of aliphatic hydroxyl groups is 1. The molecule has 2 atom stereocenters. The molecule has 1 aliphatic heterocycles. The van der Waals surface area contributed by atoms with Crippen LogP contribution in [-0.4, -0.2) is 30.2 Å². The van der Waals surface area contributed by atoms with Crippen molar-refractivity contribution in [2.75, 3.05) is 13.2 Å². The van der Waals surface area contributed by atoms with Gasteiger partial charge in [-0.1, -0.05) is 6.92 Å². The Kier molecular flexibility index (Phi) is 2.87. The van der Waals surface area contributed by atoms with Crippen LogP contribution >= 0.6 is 0 Å². The largest absolute Gasteiger partial charge is 0.372 e.